The van der Waals surface area contributed by atoms with E-state index >= 15 is 0 Å². The summed E-state index contributed by atoms with van der Waals surface area (Å²) in [5.41, 5.74) is 1.28. The molecule has 2 aliphatic heterocycles. The van der Waals surface area contributed by atoms with Gasteiger partial charge in [-0.25, -0.2) is 9.18 Å². The molecule has 0 radical (unpaired) electrons. The molecule has 0 unspecified atom stereocenters. The maximum Gasteiger partial charge on any atom is 0.325 e. The van der Waals surface area contributed by atoms with Crippen molar-refractivity contribution in [2.45, 2.75) is 25.1 Å². The fourth-order valence-corrected chi connectivity index (χ4v) is 4.27. The molecule has 2 atom stereocenters. The van der Waals surface area contributed by atoms with Crippen molar-refractivity contribution in [3.63, 3.8) is 0 Å². The van der Waals surface area contributed by atoms with Crippen LogP contribution < -0.4 is 20.3 Å². The van der Waals surface area contributed by atoms with E-state index in [1.807, 2.05) is 31.2 Å². The zero-order valence-electron chi connectivity index (χ0n) is 16.8. The second-order valence-electron chi connectivity index (χ2n) is 7.87. The van der Waals surface area contributed by atoms with Gasteiger partial charge in [0, 0.05) is 23.2 Å². The molecule has 2 bridgehead atoms. The Kier molecular flexibility index (Phi) is 4.39. The Morgan fingerprint density at radius 3 is 2.77 bits per heavy atom. The van der Waals surface area contributed by atoms with Crippen molar-refractivity contribution in [3.05, 3.63) is 89.7 Å². The third kappa shape index (κ3) is 3.38. The molecule has 0 aliphatic carbocycles. The highest BCUT2D eigenvalue weighted by Crippen LogP contribution is 2.45. The standard InChI is InChI=1S/C24H20FN3O3/c1-24-14-20(19-10-2-3-11-21(19)31-24)27-23(30)28(24)18-9-4-6-15(12-18)22(29)26-17-8-5-7-16(25)13-17/h2-13,20H,14H2,1H3,(H,26,29)(H,27,30)/t20-,24-/m1/s1. The summed E-state index contributed by atoms with van der Waals surface area (Å²) in [6.45, 7) is 1.87. The summed E-state index contributed by atoms with van der Waals surface area (Å²) in [5.74, 6) is -0.109. The molecule has 3 aromatic carbocycles. The molecule has 5 rings (SSSR count). The van der Waals surface area contributed by atoms with Gasteiger partial charge in [0.1, 0.15) is 11.6 Å². The van der Waals surface area contributed by atoms with Crippen LogP contribution in [0.5, 0.6) is 5.75 Å². The first kappa shape index (κ1) is 19.1. The minimum atomic E-state index is -0.904. The average molecular weight is 417 g/mol. The van der Waals surface area contributed by atoms with Crippen molar-refractivity contribution >= 4 is 23.3 Å². The molecule has 7 heteroatoms. The zero-order chi connectivity index (χ0) is 21.6. The third-order valence-corrected chi connectivity index (χ3v) is 5.63. The van der Waals surface area contributed by atoms with Crippen LogP contribution >= 0.6 is 0 Å². The number of ether oxygens (including phenoxy) is 1. The van der Waals surface area contributed by atoms with E-state index in [4.69, 9.17) is 4.74 Å². The number of rotatable bonds is 3. The Morgan fingerprint density at radius 1 is 1.13 bits per heavy atom. The molecule has 2 aliphatic rings. The fourth-order valence-electron chi connectivity index (χ4n) is 4.27. The summed E-state index contributed by atoms with van der Waals surface area (Å²) in [4.78, 5) is 27.3. The van der Waals surface area contributed by atoms with Gasteiger partial charge >= 0.3 is 6.03 Å². The predicted molar refractivity (Wildman–Crippen MR) is 115 cm³/mol. The highest BCUT2D eigenvalue weighted by Gasteiger charge is 2.49. The van der Waals surface area contributed by atoms with Crippen LogP contribution in [0.15, 0.2) is 72.8 Å². The molecule has 3 amide bonds. The quantitative estimate of drug-likeness (QED) is 0.640. The SMILES string of the molecule is C[C@@]12C[C@@H](NC(=O)N1c1cccc(C(=O)Nc3cccc(F)c3)c1)c1ccccc1O2. The van der Waals surface area contributed by atoms with Gasteiger partial charge < -0.3 is 15.4 Å². The summed E-state index contributed by atoms with van der Waals surface area (Å²) >= 11 is 0. The number of carbonyl (C=O) groups excluding carboxylic acids is 2. The number of halogens is 1. The number of fused-ring (bicyclic) bond motifs is 4. The van der Waals surface area contributed by atoms with Crippen molar-refractivity contribution in [2.24, 2.45) is 0 Å². The Morgan fingerprint density at radius 2 is 1.94 bits per heavy atom. The smallest absolute Gasteiger partial charge is 0.325 e. The third-order valence-electron chi connectivity index (χ3n) is 5.63. The summed E-state index contributed by atoms with van der Waals surface area (Å²) in [6, 6.07) is 19.6. The summed E-state index contributed by atoms with van der Waals surface area (Å²) in [6.07, 6.45) is 0.565. The van der Waals surface area contributed by atoms with E-state index in [1.54, 1.807) is 35.2 Å². The number of para-hydroxylation sites is 1. The molecule has 31 heavy (non-hydrogen) atoms. The molecular weight excluding hydrogens is 397 g/mol. The van der Waals surface area contributed by atoms with Crippen LogP contribution in [0.3, 0.4) is 0 Å². The van der Waals surface area contributed by atoms with Gasteiger partial charge in [-0.3, -0.25) is 9.69 Å². The van der Waals surface area contributed by atoms with Crippen molar-refractivity contribution in [1.29, 1.82) is 0 Å². The number of nitrogens with one attached hydrogen (secondary N) is 2. The van der Waals surface area contributed by atoms with Crippen LogP contribution in [0, 0.1) is 5.82 Å². The number of anilines is 2. The molecule has 1 fully saturated rings. The van der Waals surface area contributed by atoms with Gasteiger partial charge in [0.25, 0.3) is 5.91 Å². The first-order chi connectivity index (χ1) is 14.9. The van der Waals surface area contributed by atoms with E-state index in [0.29, 0.717) is 23.4 Å². The van der Waals surface area contributed by atoms with Crippen LogP contribution in [0.1, 0.15) is 35.3 Å². The number of amides is 3. The molecule has 3 aromatic rings. The topological polar surface area (TPSA) is 70.7 Å². The molecule has 0 spiro atoms. The number of carbonyl (C=O) groups is 2. The van der Waals surface area contributed by atoms with Gasteiger partial charge in [0.2, 0.25) is 0 Å². The molecule has 156 valence electrons. The van der Waals surface area contributed by atoms with E-state index in [2.05, 4.69) is 10.6 Å². The maximum absolute atomic E-state index is 13.4. The van der Waals surface area contributed by atoms with E-state index in [0.717, 1.165) is 11.3 Å². The highest BCUT2D eigenvalue weighted by atomic mass is 19.1. The zero-order valence-corrected chi connectivity index (χ0v) is 16.8. The molecular formula is C24H20FN3O3. The van der Waals surface area contributed by atoms with Crippen LogP contribution in [0.2, 0.25) is 0 Å². The van der Waals surface area contributed by atoms with Crippen LogP contribution in [-0.2, 0) is 0 Å². The first-order valence-corrected chi connectivity index (χ1v) is 9.99. The molecule has 0 aromatic heterocycles. The Bertz CT molecular complexity index is 1200. The molecule has 6 nitrogen and oxygen atoms in total. The lowest BCUT2D eigenvalue weighted by molar-refractivity contribution is 0.0378. The largest absolute Gasteiger partial charge is 0.467 e. The molecule has 1 saturated heterocycles. The molecule has 0 saturated carbocycles. The summed E-state index contributed by atoms with van der Waals surface area (Å²) in [5, 5.41) is 5.71. The van der Waals surface area contributed by atoms with Crippen LogP contribution in [-0.4, -0.2) is 17.7 Å². The van der Waals surface area contributed by atoms with Crippen molar-refractivity contribution in [3.8, 4) is 5.75 Å². The second kappa shape index (κ2) is 7.12. The van der Waals surface area contributed by atoms with Crippen LogP contribution in [0.4, 0.5) is 20.6 Å². The van der Waals surface area contributed by atoms with E-state index in [-0.39, 0.29) is 12.1 Å². The maximum atomic E-state index is 13.4. The lowest BCUT2D eigenvalue weighted by atomic mass is 9.90. The molecule has 2 heterocycles. The first-order valence-electron chi connectivity index (χ1n) is 9.99. The number of nitrogens with zero attached hydrogens (tertiary/aromatic N) is 1. The second-order valence-corrected chi connectivity index (χ2v) is 7.87. The predicted octanol–water partition coefficient (Wildman–Crippen LogP) is 4.85. The van der Waals surface area contributed by atoms with Gasteiger partial charge in [-0.05, 0) is 49.4 Å². The van der Waals surface area contributed by atoms with Crippen molar-refractivity contribution in [1.82, 2.24) is 5.32 Å². The number of hydrogen-bond acceptors (Lipinski definition) is 3. The van der Waals surface area contributed by atoms with E-state index in [1.165, 1.54) is 18.2 Å². The van der Waals surface area contributed by atoms with Gasteiger partial charge in [0.05, 0.1) is 11.7 Å². The summed E-state index contributed by atoms with van der Waals surface area (Å²) < 4.78 is 19.7. The number of benzene rings is 3. The lowest BCUT2D eigenvalue weighted by Gasteiger charge is -2.50. The lowest BCUT2D eigenvalue weighted by Crippen LogP contribution is -2.65. The number of hydrogen-bond donors (Lipinski definition) is 2. The summed E-state index contributed by atoms with van der Waals surface area (Å²) in [7, 11) is 0. The van der Waals surface area contributed by atoms with Gasteiger partial charge in [-0.15, -0.1) is 0 Å². The van der Waals surface area contributed by atoms with E-state index < -0.39 is 17.4 Å². The van der Waals surface area contributed by atoms with E-state index in [9.17, 15) is 14.0 Å². The molecule has 2 N–H and O–H groups in total. The van der Waals surface area contributed by atoms with Crippen molar-refractivity contribution in [2.75, 3.05) is 10.2 Å². The average Bonchev–Trinajstić information content (AvgIpc) is 2.73. The fraction of sp³-hybridized carbons (Fsp3) is 0.167. The van der Waals surface area contributed by atoms with Gasteiger partial charge in [0.15, 0.2) is 5.72 Å². The van der Waals surface area contributed by atoms with Gasteiger partial charge in [-0.2, -0.15) is 0 Å². The highest BCUT2D eigenvalue weighted by molar-refractivity contribution is 6.05. The minimum Gasteiger partial charge on any atom is -0.467 e. The Balaban J connectivity index is 1.45. The van der Waals surface area contributed by atoms with Gasteiger partial charge in [-0.1, -0.05) is 30.3 Å². The number of urea groups is 1. The van der Waals surface area contributed by atoms with Crippen LogP contribution in [0.25, 0.3) is 0 Å². The Hall–Kier alpha value is -3.87. The normalized spacial score (nSPS) is 21.5. The Labute approximate surface area is 178 Å². The monoisotopic (exact) mass is 417 g/mol. The van der Waals surface area contributed by atoms with Crippen molar-refractivity contribution < 1.29 is 18.7 Å². The minimum absolute atomic E-state index is 0.141.